The summed E-state index contributed by atoms with van der Waals surface area (Å²) in [7, 11) is 1.90. The molecule has 0 unspecified atom stereocenters. The zero-order valence-electron chi connectivity index (χ0n) is 9.75. The summed E-state index contributed by atoms with van der Waals surface area (Å²) in [6.07, 6.45) is 2.01. The van der Waals surface area contributed by atoms with E-state index in [1.165, 1.54) is 0 Å². The van der Waals surface area contributed by atoms with Crippen molar-refractivity contribution in [2.75, 3.05) is 25.0 Å². The van der Waals surface area contributed by atoms with Gasteiger partial charge in [-0.3, -0.25) is 4.79 Å². The maximum absolute atomic E-state index is 11.2. The second kappa shape index (κ2) is 7.54. The molecule has 86 valence electrons. The van der Waals surface area contributed by atoms with Gasteiger partial charge in [-0.2, -0.15) is 0 Å². The third-order valence-corrected chi connectivity index (χ3v) is 2.39. The predicted octanol–water partition coefficient (Wildman–Crippen LogP) is 1.85. The molecule has 1 aromatic rings. The minimum atomic E-state index is 0.00486. The summed E-state index contributed by atoms with van der Waals surface area (Å²) in [5, 5.41) is 0. The van der Waals surface area contributed by atoms with Crippen molar-refractivity contribution in [3.8, 4) is 0 Å². The van der Waals surface area contributed by atoms with Crippen LogP contribution < -0.4 is 16.1 Å². The van der Waals surface area contributed by atoms with E-state index in [-0.39, 0.29) is 5.43 Å². The first-order valence-electron chi connectivity index (χ1n) is 5.38. The highest BCUT2D eigenvalue weighted by atomic mass is 32.1. The summed E-state index contributed by atoms with van der Waals surface area (Å²) in [5.74, 6) is 0. The molecule has 15 heavy (non-hydrogen) atoms. The van der Waals surface area contributed by atoms with Gasteiger partial charge >= 0.3 is 0 Å². The van der Waals surface area contributed by atoms with Gasteiger partial charge in [0.25, 0.3) is 0 Å². The van der Waals surface area contributed by atoms with E-state index in [4.69, 9.17) is 18.0 Å². The predicted molar refractivity (Wildman–Crippen MR) is 68.8 cm³/mol. The Labute approximate surface area is 96.6 Å². The van der Waals surface area contributed by atoms with Crippen molar-refractivity contribution in [1.82, 2.24) is 0 Å². The Bertz CT molecular complexity index is 342. The van der Waals surface area contributed by atoms with Crippen LogP contribution in [0.25, 0.3) is 0 Å². The van der Waals surface area contributed by atoms with Gasteiger partial charge in [-0.25, -0.2) is 0 Å². The van der Waals surface area contributed by atoms with E-state index < -0.39 is 0 Å². The maximum atomic E-state index is 11.2. The number of hydrogen-bond acceptors (Lipinski definition) is 4. The van der Waals surface area contributed by atoms with Crippen molar-refractivity contribution in [3.63, 3.8) is 0 Å². The Morgan fingerprint density at radius 1 is 1.40 bits per heavy atom. The van der Waals surface area contributed by atoms with Gasteiger partial charge < -0.3 is 10.6 Å². The summed E-state index contributed by atoms with van der Waals surface area (Å²) in [5.41, 5.74) is 6.11. The van der Waals surface area contributed by atoms with Gasteiger partial charge in [0.2, 0.25) is 5.43 Å². The smallest absolute Gasteiger partial charge is 0.219 e. The number of anilines is 1. The van der Waals surface area contributed by atoms with Crippen molar-refractivity contribution >= 4 is 17.9 Å². The molecular weight excluding hydrogens is 208 g/mol. The fraction of sp³-hybridized carbons (Fsp3) is 0.636. The van der Waals surface area contributed by atoms with Gasteiger partial charge in [0.1, 0.15) is 0 Å². The van der Waals surface area contributed by atoms with Gasteiger partial charge in [-0.05, 0) is 25.5 Å². The standard InChI is InChI=1S/C9H14N2OS.C2H6/c1-11(5-3-2-4-10)7-6-8(13)9(7)12;1-2/h6H,2-5,10H2,1H3;1-2H3. The van der Waals surface area contributed by atoms with Crippen LogP contribution in [0.15, 0.2) is 10.9 Å². The maximum Gasteiger partial charge on any atom is 0.219 e. The topological polar surface area (TPSA) is 46.3 Å². The average molecular weight is 228 g/mol. The quantitative estimate of drug-likeness (QED) is 0.617. The minimum Gasteiger partial charge on any atom is -0.371 e. The monoisotopic (exact) mass is 228 g/mol. The number of nitrogens with zero attached hydrogens (tertiary/aromatic N) is 1. The molecule has 0 saturated heterocycles. The molecular formula is C11H20N2OS. The van der Waals surface area contributed by atoms with Crippen LogP contribution in [0.2, 0.25) is 0 Å². The van der Waals surface area contributed by atoms with Crippen LogP contribution in [-0.2, 0) is 0 Å². The van der Waals surface area contributed by atoms with Gasteiger partial charge in [-0.1, -0.05) is 26.1 Å². The highest BCUT2D eigenvalue weighted by molar-refractivity contribution is 7.71. The largest absolute Gasteiger partial charge is 0.371 e. The summed E-state index contributed by atoms with van der Waals surface area (Å²) in [4.78, 5) is 13.1. The summed E-state index contributed by atoms with van der Waals surface area (Å²) in [6, 6.07) is 1.75. The summed E-state index contributed by atoms with van der Waals surface area (Å²) in [6.45, 7) is 5.58. The molecule has 1 rings (SSSR count). The molecule has 0 saturated carbocycles. The number of unbranched alkanes of at least 4 members (excludes halogenated alkanes) is 1. The third kappa shape index (κ3) is 4.10. The lowest BCUT2D eigenvalue weighted by molar-refractivity contribution is 0.726. The van der Waals surface area contributed by atoms with Gasteiger partial charge in [0.05, 0.1) is 10.2 Å². The van der Waals surface area contributed by atoms with Crippen LogP contribution in [0.4, 0.5) is 5.69 Å². The molecule has 1 aromatic carbocycles. The van der Waals surface area contributed by atoms with E-state index in [0.717, 1.165) is 25.1 Å². The Morgan fingerprint density at radius 2 is 2.00 bits per heavy atom. The van der Waals surface area contributed by atoms with Crippen LogP contribution in [0.3, 0.4) is 0 Å². The molecule has 0 aliphatic heterocycles. The van der Waals surface area contributed by atoms with E-state index in [2.05, 4.69) is 0 Å². The first-order chi connectivity index (χ1) is 7.16. The minimum absolute atomic E-state index is 0.00486. The molecule has 0 amide bonds. The first-order valence-corrected chi connectivity index (χ1v) is 5.79. The Hall–Kier alpha value is -0.740. The van der Waals surface area contributed by atoms with Gasteiger partial charge in [0.15, 0.2) is 0 Å². The summed E-state index contributed by atoms with van der Waals surface area (Å²) < 4.78 is 0.445. The lowest BCUT2D eigenvalue weighted by atomic mass is 10.2. The fourth-order valence-corrected chi connectivity index (χ4v) is 1.42. The Balaban J connectivity index is 0.000000921. The molecule has 0 aromatic heterocycles. The lowest BCUT2D eigenvalue weighted by Crippen LogP contribution is -2.27. The number of rotatable bonds is 5. The van der Waals surface area contributed by atoms with Crippen molar-refractivity contribution < 1.29 is 0 Å². The van der Waals surface area contributed by atoms with Gasteiger partial charge in [0, 0.05) is 13.6 Å². The van der Waals surface area contributed by atoms with Crippen LogP contribution in [-0.4, -0.2) is 20.1 Å². The second-order valence-electron chi connectivity index (χ2n) is 3.14. The molecule has 0 aliphatic rings. The molecule has 0 radical (unpaired) electrons. The Kier molecular flexibility index (Phi) is 7.17. The summed E-state index contributed by atoms with van der Waals surface area (Å²) >= 11 is 4.77. The van der Waals surface area contributed by atoms with Crippen LogP contribution >= 0.6 is 12.2 Å². The molecule has 0 heterocycles. The van der Waals surface area contributed by atoms with E-state index >= 15 is 0 Å². The molecule has 4 heteroatoms. The fourth-order valence-electron chi connectivity index (χ4n) is 1.20. The molecule has 0 aliphatic carbocycles. The molecule has 0 spiro atoms. The zero-order chi connectivity index (χ0) is 11.8. The first kappa shape index (κ1) is 14.3. The average Bonchev–Trinajstić information content (AvgIpc) is 2.28. The van der Waals surface area contributed by atoms with Crippen LogP contribution in [0.1, 0.15) is 26.7 Å². The second-order valence-corrected chi connectivity index (χ2v) is 3.58. The Morgan fingerprint density at radius 3 is 2.40 bits per heavy atom. The normalized spacial score (nSPS) is 9.60. The van der Waals surface area contributed by atoms with Gasteiger partial charge in [-0.15, -0.1) is 0 Å². The molecule has 2 N–H and O–H groups in total. The van der Waals surface area contributed by atoms with Crippen molar-refractivity contribution in [2.45, 2.75) is 26.7 Å². The molecule has 0 atom stereocenters. The number of nitrogens with two attached hydrogens (primary N) is 1. The van der Waals surface area contributed by atoms with E-state index in [1.54, 1.807) is 6.07 Å². The molecule has 3 nitrogen and oxygen atoms in total. The van der Waals surface area contributed by atoms with Crippen LogP contribution in [0.5, 0.6) is 0 Å². The number of hydrogen-bond donors (Lipinski definition) is 1. The lowest BCUT2D eigenvalue weighted by Gasteiger charge is -2.19. The highest BCUT2D eigenvalue weighted by Gasteiger charge is 2.10. The van der Waals surface area contributed by atoms with E-state index in [9.17, 15) is 4.79 Å². The highest BCUT2D eigenvalue weighted by Crippen LogP contribution is 2.10. The molecule has 0 fully saturated rings. The van der Waals surface area contributed by atoms with Crippen molar-refractivity contribution in [2.24, 2.45) is 5.73 Å². The SMILES string of the molecule is CC.CN(CCCCN)c1cc(=S)c1=O. The van der Waals surface area contributed by atoms with E-state index in [0.29, 0.717) is 11.1 Å². The molecule has 0 bridgehead atoms. The van der Waals surface area contributed by atoms with Crippen molar-refractivity contribution in [1.29, 1.82) is 0 Å². The van der Waals surface area contributed by atoms with Crippen LogP contribution in [0, 0.1) is 4.51 Å². The van der Waals surface area contributed by atoms with Crippen molar-refractivity contribution in [3.05, 3.63) is 20.8 Å². The third-order valence-electron chi connectivity index (χ3n) is 2.08. The zero-order valence-corrected chi connectivity index (χ0v) is 10.6. The van der Waals surface area contributed by atoms with E-state index in [1.807, 2.05) is 25.8 Å².